The molecule has 0 aromatic carbocycles. The van der Waals surface area contributed by atoms with Gasteiger partial charge >= 0.3 is 0 Å². The number of nitrogens with zero attached hydrogens (tertiary/aromatic N) is 1. The van der Waals surface area contributed by atoms with Crippen LogP contribution in [-0.2, 0) is 0 Å². The van der Waals surface area contributed by atoms with E-state index in [1.54, 1.807) is 24.5 Å². The van der Waals surface area contributed by atoms with Crippen LogP contribution in [0.4, 0.5) is 0 Å². The van der Waals surface area contributed by atoms with E-state index in [4.69, 9.17) is 0 Å². The Balaban J connectivity index is 2.59. The van der Waals surface area contributed by atoms with E-state index < -0.39 is 0 Å². The van der Waals surface area contributed by atoms with Crippen molar-refractivity contribution in [3.8, 4) is 0 Å². The lowest BCUT2D eigenvalue weighted by Crippen LogP contribution is -2.33. The molecule has 1 unspecified atom stereocenters. The molecule has 0 aliphatic heterocycles. The first-order valence-electron chi connectivity index (χ1n) is 4.01. The van der Waals surface area contributed by atoms with E-state index in [0.29, 0.717) is 5.56 Å². The molecule has 0 saturated heterocycles. The van der Waals surface area contributed by atoms with Crippen molar-refractivity contribution >= 4 is 21.8 Å². The van der Waals surface area contributed by atoms with Crippen LogP contribution in [0, 0.1) is 0 Å². The second kappa shape index (κ2) is 4.97. The van der Waals surface area contributed by atoms with Crippen molar-refractivity contribution in [3.63, 3.8) is 0 Å². The predicted molar refractivity (Wildman–Crippen MR) is 55.0 cm³/mol. The molecule has 0 radical (unpaired) electrons. The zero-order chi connectivity index (χ0) is 9.68. The maximum absolute atomic E-state index is 11.4. The molecular weight excluding hydrogens is 232 g/mol. The van der Waals surface area contributed by atoms with Crippen molar-refractivity contribution in [1.29, 1.82) is 0 Å². The molecule has 0 bridgehead atoms. The summed E-state index contributed by atoms with van der Waals surface area (Å²) in [5, 5.41) is 3.57. The summed E-state index contributed by atoms with van der Waals surface area (Å²) in [5.41, 5.74) is 0.593. The number of carbonyl (C=O) groups excluding carboxylic acids is 1. The standard InChI is InChI=1S/C9H11BrN2O/c1-7(5-10)12-9(13)8-3-2-4-11-6-8/h2-4,6-7H,5H2,1H3,(H,12,13). The highest BCUT2D eigenvalue weighted by Crippen LogP contribution is 1.97. The largest absolute Gasteiger partial charge is 0.349 e. The Morgan fingerprint density at radius 1 is 1.77 bits per heavy atom. The molecule has 1 heterocycles. The lowest BCUT2D eigenvalue weighted by Gasteiger charge is -2.09. The lowest BCUT2D eigenvalue weighted by atomic mass is 10.2. The van der Waals surface area contributed by atoms with Crippen LogP contribution < -0.4 is 5.32 Å². The monoisotopic (exact) mass is 242 g/mol. The van der Waals surface area contributed by atoms with Crippen molar-refractivity contribution < 1.29 is 4.79 Å². The summed E-state index contributed by atoms with van der Waals surface area (Å²) in [7, 11) is 0. The van der Waals surface area contributed by atoms with Crippen LogP contribution in [0.3, 0.4) is 0 Å². The molecule has 0 saturated carbocycles. The van der Waals surface area contributed by atoms with Gasteiger partial charge in [-0.3, -0.25) is 9.78 Å². The van der Waals surface area contributed by atoms with Gasteiger partial charge in [-0.25, -0.2) is 0 Å². The van der Waals surface area contributed by atoms with E-state index >= 15 is 0 Å². The fourth-order valence-corrected chi connectivity index (χ4v) is 1.00. The Morgan fingerprint density at radius 3 is 3.08 bits per heavy atom. The number of carbonyl (C=O) groups is 1. The van der Waals surface area contributed by atoms with E-state index in [0.717, 1.165) is 5.33 Å². The lowest BCUT2D eigenvalue weighted by molar-refractivity contribution is 0.0943. The number of halogens is 1. The molecule has 1 aromatic heterocycles. The Bertz CT molecular complexity index is 276. The van der Waals surface area contributed by atoms with Crippen molar-refractivity contribution in [1.82, 2.24) is 10.3 Å². The van der Waals surface area contributed by atoms with Gasteiger partial charge in [0.15, 0.2) is 0 Å². The molecular formula is C9H11BrN2O. The van der Waals surface area contributed by atoms with Crippen LogP contribution in [0.2, 0.25) is 0 Å². The Labute approximate surface area is 85.7 Å². The number of nitrogens with one attached hydrogen (secondary N) is 1. The van der Waals surface area contributed by atoms with Gasteiger partial charge in [-0.1, -0.05) is 15.9 Å². The highest BCUT2D eigenvalue weighted by molar-refractivity contribution is 9.09. The van der Waals surface area contributed by atoms with Crippen molar-refractivity contribution in [3.05, 3.63) is 30.1 Å². The molecule has 1 rings (SSSR count). The number of rotatable bonds is 3. The molecule has 1 amide bonds. The van der Waals surface area contributed by atoms with Crippen LogP contribution in [0.1, 0.15) is 17.3 Å². The summed E-state index contributed by atoms with van der Waals surface area (Å²) >= 11 is 3.29. The fourth-order valence-electron chi connectivity index (χ4n) is 0.843. The van der Waals surface area contributed by atoms with Gasteiger partial charge < -0.3 is 5.32 Å². The average molecular weight is 243 g/mol. The maximum Gasteiger partial charge on any atom is 0.253 e. The topological polar surface area (TPSA) is 42.0 Å². The van der Waals surface area contributed by atoms with Gasteiger partial charge in [-0.05, 0) is 19.1 Å². The van der Waals surface area contributed by atoms with Crippen LogP contribution in [-0.4, -0.2) is 22.3 Å². The molecule has 1 atom stereocenters. The third kappa shape index (κ3) is 3.14. The van der Waals surface area contributed by atoms with Crippen LogP contribution in [0.5, 0.6) is 0 Å². The van der Waals surface area contributed by atoms with E-state index in [1.165, 1.54) is 0 Å². The summed E-state index contributed by atoms with van der Waals surface area (Å²) in [5.74, 6) is -0.0833. The molecule has 0 fully saturated rings. The molecule has 1 N–H and O–H groups in total. The maximum atomic E-state index is 11.4. The first kappa shape index (κ1) is 10.2. The van der Waals surface area contributed by atoms with Crippen molar-refractivity contribution in [2.45, 2.75) is 13.0 Å². The minimum Gasteiger partial charge on any atom is -0.349 e. The van der Waals surface area contributed by atoms with E-state index in [2.05, 4.69) is 26.2 Å². The number of aromatic nitrogens is 1. The summed E-state index contributed by atoms with van der Waals surface area (Å²) in [6.45, 7) is 1.93. The van der Waals surface area contributed by atoms with Gasteiger partial charge in [0.1, 0.15) is 0 Å². The Kier molecular flexibility index (Phi) is 3.89. The van der Waals surface area contributed by atoms with Crippen molar-refractivity contribution in [2.75, 3.05) is 5.33 Å². The molecule has 3 nitrogen and oxygen atoms in total. The summed E-state index contributed by atoms with van der Waals surface area (Å²) in [6, 6.07) is 3.62. The highest BCUT2D eigenvalue weighted by atomic mass is 79.9. The van der Waals surface area contributed by atoms with Crippen molar-refractivity contribution in [2.24, 2.45) is 0 Å². The van der Waals surface area contributed by atoms with Gasteiger partial charge in [-0.2, -0.15) is 0 Å². The molecule has 70 valence electrons. The third-order valence-corrected chi connectivity index (χ3v) is 2.50. The Hall–Kier alpha value is -0.900. The second-order valence-electron chi connectivity index (χ2n) is 2.77. The second-order valence-corrected chi connectivity index (χ2v) is 3.42. The number of hydrogen-bond donors (Lipinski definition) is 1. The highest BCUT2D eigenvalue weighted by Gasteiger charge is 2.07. The fraction of sp³-hybridized carbons (Fsp3) is 0.333. The van der Waals surface area contributed by atoms with E-state index in [-0.39, 0.29) is 11.9 Å². The quantitative estimate of drug-likeness (QED) is 0.819. The molecule has 0 aliphatic rings. The smallest absolute Gasteiger partial charge is 0.253 e. The first-order chi connectivity index (χ1) is 6.24. The zero-order valence-electron chi connectivity index (χ0n) is 7.33. The molecule has 13 heavy (non-hydrogen) atoms. The Morgan fingerprint density at radius 2 is 2.54 bits per heavy atom. The average Bonchev–Trinajstić information content (AvgIpc) is 2.19. The van der Waals surface area contributed by atoms with Gasteiger partial charge in [0.05, 0.1) is 5.56 Å². The molecule has 0 spiro atoms. The van der Waals surface area contributed by atoms with Crippen LogP contribution >= 0.6 is 15.9 Å². The van der Waals surface area contributed by atoms with Gasteiger partial charge in [-0.15, -0.1) is 0 Å². The first-order valence-corrected chi connectivity index (χ1v) is 5.13. The van der Waals surface area contributed by atoms with Crippen LogP contribution in [0.15, 0.2) is 24.5 Å². The molecule has 4 heteroatoms. The summed E-state index contributed by atoms with van der Waals surface area (Å²) in [4.78, 5) is 15.3. The van der Waals surface area contributed by atoms with E-state index in [9.17, 15) is 4.79 Å². The molecule has 1 aromatic rings. The minimum atomic E-state index is -0.0833. The van der Waals surface area contributed by atoms with Gasteiger partial charge in [0.2, 0.25) is 0 Å². The SMILES string of the molecule is CC(CBr)NC(=O)c1cccnc1. The summed E-state index contributed by atoms with van der Waals surface area (Å²) in [6.07, 6.45) is 3.20. The summed E-state index contributed by atoms with van der Waals surface area (Å²) < 4.78 is 0. The number of amides is 1. The van der Waals surface area contributed by atoms with Gasteiger partial charge in [0, 0.05) is 23.8 Å². The van der Waals surface area contributed by atoms with Crippen LogP contribution in [0.25, 0.3) is 0 Å². The predicted octanol–water partition coefficient (Wildman–Crippen LogP) is 1.59. The zero-order valence-corrected chi connectivity index (χ0v) is 8.91. The third-order valence-electron chi connectivity index (χ3n) is 1.53. The van der Waals surface area contributed by atoms with E-state index in [1.807, 2.05) is 6.92 Å². The number of alkyl halides is 1. The normalized spacial score (nSPS) is 12.2. The minimum absolute atomic E-state index is 0.0833. The molecule has 0 aliphatic carbocycles. The van der Waals surface area contributed by atoms with Gasteiger partial charge in [0.25, 0.3) is 5.91 Å². The number of pyridine rings is 1. The number of hydrogen-bond acceptors (Lipinski definition) is 2.